The Morgan fingerprint density at radius 2 is 1.90 bits per heavy atom. The number of nitrogens with zero attached hydrogens (tertiary/aromatic N) is 3. The zero-order valence-corrected chi connectivity index (χ0v) is 24.1. The molecule has 3 heterocycles. The number of phenolic OH excluding ortho intramolecular Hbond substituents is 1. The van der Waals surface area contributed by atoms with Gasteiger partial charge in [-0.3, -0.25) is 4.98 Å². The second kappa shape index (κ2) is 14.0. The van der Waals surface area contributed by atoms with E-state index in [0.717, 1.165) is 53.9 Å². The van der Waals surface area contributed by atoms with Crippen LogP contribution in [0.25, 0.3) is 22.0 Å². The second-order valence-electron chi connectivity index (χ2n) is 8.80. The van der Waals surface area contributed by atoms with Gasteiger partial charge in [0.15, 0.2) is 11.6 Å². The van der Waals surface area contributed by atoms with Gasteiger partial charge in [0.25, 0.3) is 0 Å². The number of hydrogen-bond donors (Lipinski definition) is 3. The largest absolute Gasteiger partial charge is 0.504 e. The van der Waals surface area contributed by atoms with Crippen molar-refractivity contribution < 1.29 is 14.3 Å². The van der Waals surface area contributed by atoms with Gasteiger partial charge in [-0.15, -0.1) is 37.2 Å². The Morgan fingerprint density at radius 1 is 1.10 bits per heavy atom. The molecule has 1 fully saturated rings. The van der Waals surface area contributed by atoms with Gasteiger partial charge in [-0.05, 0) is 61.0 Å². The topological polar surface area (TPSA) is 90.4 Å². The summed E-state index contributed by atoms with van der Waals surface area (Å²) in [5, 5.41) is 17.1. The Balaban J connectivity index is 0.00000178. The highest BCUT2D eigenvalue weighted by Crippen LogP contribution is 2.36. The molecular formula is C27H28Cl4FN5O2. The van der Waals surface area contributed by atoms with Crippen LogP contribution in [0.5, 0.6) is 5.75 Å². The number of aromatic nitrogens is 2. The smallest absolute Gasteiger partial charge is 0.170 e. The minimum atomic E-state index is -0.797. The normalized spacial score (nSPS) is 14.2. The van der Waals surface area contributed by atoms with Crippen molar-refractivity contribution in [1.29, 1.82) is 0 Å². The van der Waals surface area contributed by atoms with Gasteiger partial charge < -0.3 is 25.4 Å². The highest BCUT2D eigenvalue weighted by molar-refractivity contribution is 6.32. The molecule has 4 aromatic rings. The predicted octanol–water partition coefficient (Wildman–Crippen LogP) is 6.34. The van der Waals surface area contributed by atoms with Gasteiger partial charge in [0.05, 0.1) is 28.1 Å². The van der Waals surface area contributed by atoms with Gasteiger partial charge in [0.2, 0.25) is 0 Å². The number of halogens is 5. The number of phenols is 1. The van der Waals surface area contributed by atoms with Gasteiger partial charge in [-0.1, -0.05) is 17.7 Å². The maximum absolute atomic E-state index is 14.1. The third kappa shape index (κ3) is 6.83. The van der Waals surface area contributed by atoms with E-state index in [1.54, 1.807) is 12.4 Å². The molecule has 1 aliphatic rings. The number of aldehydes is 1. The lowest BCUT2D eigenvalue weighted by Gasteiger charge is -2.18. The molecule has 3 N–H and O–H groups in total. The SMILES string of the molecule is CNC1CCN(c2ccc(Nc3c(CC=O)cnc4ccc(-c5cc(F)c(O)c(Cl)c5)cc34)cn2)C1.Cl.Cl.Cl. The number of anilines is 3. The number of likely N-dealkylation sites (N-methyl/N-ethyl adjacent to an activating group) is 1. The molecule has 1 atom stereocenters. The van der Waals surface area contributed by atoms with Crippen molar-refractivity contribution in [3.05, 3.63) is 71.3 Å². The van der Waals surface area contributed by atoms with Gasteiger partial charge in [-0.25, -0.2) is 9.37 Å². The number of aromatic hydroxyl groups is 1. The molecule has 1 saturated heterocycles. The Hall–Kier alpha value is -2.88. The minimum Gasteiger partial charge on any atom is -0.504 e. The lowest BCUT2D eigenvalue weighted by Crippen LogP contribution is -2.29. The molecular weight excluding hydrogens is 587 g/mol. The predicted molar refractivity (Wildman–Crippen MR) is 163 cm³/mol. The first-order chi connectivity index (χ1) is 17.5. The fourth-order valence-corrected chi connectivity index (χ4v) is 4.74. The second-order valence-corrected chi connectivity index (χ2v) is 9.21. The first-order valence-corrected chi connectivity index (χ1v) is 12.0. The molecule has 12 heteroatoms. The van der Waals surface area contributed by atoms with Crippen LogP contribution in [0.4, 0.5) is 21.6 Å². The van der Waals surface area contributed by atoms with E-state index < -0.39 is 11.6 Å². The molecule has 0 saturated carbocycles. The molecule has 0 radical (unpaired) electrons. The molecule has 5 rings (SSSR count). The molecule has 2 aromatic carbocycles. The van der Waals surface area contributed by atoms with Crippen LogP contribution in [0.1, 0.15) is 12.0 Å². The lowest BCUT2D eigenvalue weighted by atomic mass is 10.00. The number of nitrogens with one attached hydrogen (secondary N) is 2. The summed E-state index contributed by atoms with van der Waals surface area (Å²) >= 11 is 6.00. The van der Waals surface area contributed by atoms with E-state index in [4.69, 9.17) is 11.6 Å². The highest BCUT2D eigenvalue weighted by Gasteiger charge is 2.22. The number of benzene rings is 2. The Bertz CT molecular complexity index is 1420. The van der Waals surface area contributed by atoms with Gasteiger partial charge in [0.1, 0.15) is 12.1 Å². The van der Waals surface area contributed by atoms with Crippen molar-refractivity contribution >= 4 is 83.2 Å². The molecule has 1 aliphatic heterocycles. The average Bonchev–Trinajstić information content (AvgIpc) is 3.38. The van der Waals surface area contributed by atoms with Crippen molar-refractivity contribution in [3.8, 4) is 16.9 Å². The third-order valence-electron chi connectivity index (χ3n) is 6.54. The molecule has 0 aliphatic carbocycles. The fraction of sp³-hybridized carbons (Fsp3) is 0.222. The van der Waals surface area contributed by atoms with Crippen LogP contribution in [0.3, 0.4) is 0 Å². The molecule has 7 nitrogen and oxygen atoms in total. The molecule has 0 spiro atoms. The maximum atomic E-state index is 14.1. The van der Waals surface area contributed by atoms with Crippen LogP contribution in [-0.2, 0) is 11.2 Å². The van der Waals surface area contributed by atoms with Gasteiger partial charge in [-0.2, -0.15) is 0 Å². The first-order valence-electron chi connectivity index (χ1n) is 11.7. The third-order valence-corrected chi connectivity index (χ3v) is 6.83. The summed E-state index contributed by atoms with van der Waals surface area (Å²) in [6, 6.07) is 12.7. The van der Waals surface area contributed by atoms with Crippen molar-refractivity contribution in [2.45, 2.75) is 18.9 Å². The number of rotatable bonds is 7. The van der Waals surface area contributed by atoms with E-state index in [-0.39, 0.29) is 48.7 Å². The van der Waals surface area contributed by atoms with E-state index in [1.165, 1.54) is 12.1 Å². The summed E-state index contributed by atoms with van der Waals surface area (Å²) in [5.74, 6) is -0.460. The highest BCUT2D eigenvalue weighted by atomic mass is 35.5. The molecule has 0 bridgehead atoms. The van der Waals surface area contributed by atoms with E-state index in [9.17, 15) is 14.3 Å². The van der Waals surface area contributed by atoms with E-state index >= 15 is 0 Å². The fourth-order valence-electron chi connectivity index (χ4n) is 4.53. The molecule has 2 aromatic heterocycles. The monoisotopic (exact) mass is 613 g/mol. The van der Waals surface area contributed by atoms with Crippen LogP contribution >= 0.6 is 48.8 Å². The molecule has 39 heavy (non-hydrogen) atoms. The van der Waals surface area contributed by atoms with Crippen molar-refractivity contribution in [2.24, 2.45) is 0 Å². The summed E-state index contributed by atoms with van der Waals surface area (Å²) in [4.78, 5) is 22.8. The van der Waals surface area contributed by atoms with Crippen LogP contribution < -0.4 is 15.5 Å². The molecule has 0 amide bonds. The summed E-state index contributed by atoms with van der Waals surface area (Å²) in [7, 11) is 1.97. The summed E-state index contributed by atoms with van der Waals surface area (Å²) in [6.45, 7) is 1.87. The number of fused-ring (bicyclic) bond motifs is 1. The van der Waals surface area contributed by atoms with Crippen molar-refractivity contribution in [1.82, 2.24) is 15.3 Å². The Kier molecular flexibility index (Phi) is 11.6. The number of carbonyl (C=O) groups excluding carboxylic acids is 1. The lowest BCUT2D eigenvalue weighted by molar-refractivity contribution is -0.107. The minimum absolute atomic E-state index is 0. The van der Waals surface area contributed by atoms with E-state index in [1.807, 2.05) is 37.4 Å². The molecule has 1 unspecified atom stereocenters. The first kappa shape index (κ1) is 32.3. The summed E-state index contributed by atoms with van der Waals surface area (Å²) in [5.41, 5.74) is 4.14. The van der Waals surface area contributed by atoms with Gasteiger partial charge >= 0.3 is 0 Å². The van der Waals surface area contributed by atoms with Crippen molar-refractivity contribution in [2.75, 3.05) is 30.4 Å². The van der Waals surface area contributed by atoms with Crippen LogP contribution in [-0.4, -0.2) is 47.5 Å². The van der Waals surface area contributed by atoms with E-state index in [0.29, 0.717) is 22.7 Å². The standard InChI is InChI=1S/C27H25ClFN5O2.3ClH/c1-30-20-6-8-34(15-20)25-5-3-19(14-32-25)33-26-17(7-9-35)13-31-24-4-2-16(10-21(24)26)18-11-22(28)27(36)23(29)12-18;;;/h2-5,9-14,20,30,36H,6-8,15H2,1H3,(H,31,33);3*1H. The van der Waals surface area contributed by atoms with Crippen LogP contribution in [0, 0.1) is 5.82 Å². The van der Waals surface area contributed by atoms with Crippen LogP contribution in [0.2, 0.25) is 5.02 Å². The average molecular weight is 615 g/mol. The van der Waals surface area contributed by atoms with Crippen LogP contribution in [0.15, 0.2) is 54.9 Å². The Morgan fingerprint density at radius 3 is 2.54 bits per heavy atom. The van der Waals surface area contributed by atoms with Crippen molar-refractivity contribution in [3.63, 3.8) is 0 Å². The van der Waals surface area contributed by atoms with Gasteiger partial charge in [0, 0.05) is 42.7 Å². The summed E-state index contributed by atoms with van der Waals surface area (Å²) < 4.78 is 14.1. The zero-order valence-electron chi connectivity index (χ0n) is 20.9. The maximum Gasteiger partial charge on any atom is 0.170 e. The summed E-state index contributed by atoms with van der Waals surface area (Å²) in [6.07, 6.45) is 5.55. The zero-order chi connectivity index (χ0) is 25.2. The number of hydrogen-bond acceptors (Lipinski definition) is 7. The number of pyridine rings is 2. The molecule has 208 valence electrons. The number of carbonyl (C=O) groups is 1. The Labute approximate surface area is 249 Å². The quantitative estimate of drug-likeness (QED) is 0.209. The van der Waals surface area contributed by atoms with E-state index in [2.05, 4.69) is 25.5 Å².